The molecule has 2 rings (SSSR count). The zero-order valence-corrected chi connectivity index (χ0v) is 17.6. The van der Waals surface area contributed by atoms with E-state index in [0.29, 0.717) is 18.0 Å². The summed E-state index contributed by atoms with van der Waals surface area (Å²) in [6.07, 6.45) is 1.19. The lowest BCUT2D eigenvalue weighted by atomic mass is 10.1. The number of carbonyl (C=O) groups excluding carboxylic acids is 1. The Labute approximate surface area is 177 Å². The number of ether oxygens (including phenoxy) is 3. The Morgan fingerprint density at radius 3 is 2.03 bits per heavy atom. The monoisotopic (exact) mass is 415 g/mol. The molecule has 30 heavy (non-hydrogen) atoms. The second-order valence-electron chi connectivity index (χ2n) is 7.74. The summed E-state index contributed by atoms with van der Waals surface area (Å²) in [7, 11) is 0. The van der Waals surface area contributed by atoms with Crippen LogP contribution in [0.15, 0.2) is 48.5 Å². The number of aryl methyl sites for hydroxylation is 1. The highest BCUT2D eigenvalue weighted by Gasteiger charge is 2.16. The van der Waals surface area contributed by atoms with Crippen molar-refractivity contribution in [1.82, 2.24) is 0 Å². The van der Waals surface area contributed by atoms with Gasteiger partial charge in [0.1, 0.15) is 17.1 Å². The van der Waals surface area contributed by atoms with Crippen molar-refractivity contribution in [3.63, 3.8) is 0 Å². The number of hydrogen-bond acceptors (Lipinski definition) is 5. The van der Waals surface area contributed by atoms with E-state index in [1.165, 1.54) is 0 Å². The Morgan fingerprint density at radius 1 is 0.900 bits per heavy atom. The van der Waals surface area contributed by atoms with Gasteiger partial charge < -0.3 is 19.3 Å². The first-order chi connectivity index (χ1) is 14.2. The van der Waals surface area contributed by atoms with Gasteiger partial charge in [-0.15, -0.1) is 0 Å². The third kappa shape index (κ3) is 9.32. The largest absolute Gasteiger partial charge is 0.494 e. The molecule has 0 aliphatic rings. The van der Waals surface area contributed by atoms with Crippen molar-refractivity contribution >= 4 is 17.7 Å². The summed E-state index contributed by atoms with van der Waals surface area (Å²) in [5.74, 6) is 0.517. The Bertz CT molecular complexity index is 809. The van der Waals surface area contributed by atoms with Gasteiger partial charge in [-0.1, -0.05) is 12.1 Å². The summed E-state index contributed by atoms with van der Waals surface area (Å²) in [6, 6.07) is 14.7. The molecule has 2 N–H and O–H groups in total. The van der Waals surface area contributed by atoms with Gasteiger partial charge in [0.2, 0.25) is 0 Å². The molecule has 2 aromatic carbocycles. The van der Waals surface area contributed by atoms with Crippen LogP contribution in [-0.2, 0) is 16.0 Å². The number of carbonyl (C=O) groups is 2. The highest BCUT2D eigenvalue weighted by atomic mass is 16.6. The van der Waals surface area contributed by atoms with E-state index < -0.39 is 17.7 Å². The van der Waals surface area contributed by atoms with Crippen LogP contribution >= 0.6 is 0 Å². The van der Waals surface area contributed by atoms with Gasteiger partial charge in [0, 0.05) is 5.69 Å². The van der Waals surface area contributed by atoms with Crippen LogP contribution in [-0.4, -0.2) is 36.0 Å². The average molecular weight is 415 g/mol. The standard InChI is InChI=1S/C23H29NO6/c1-23(2,3)30-22(27)24-18-8-12-20(13-9-18)28-15-4-5-17-6-10-19(11-7-17)29-16-14-21(25)26/h6-13H,4-5,14-16H2,1-3H3,(H,24,27)(H,25,26). The van der Waals surface area contributed by atoms with Crippen molar-refractivity contribution in [2.45, 2.75) is 45.6 Å². The minimum atomic E-state index is -0.874. The van der Waals surface area contributed by atoms with Crippen molar-refractivity contribution < 1.29 is 28.9 Å². The van der Waals surface area contributed by atoms with Gasteiger partial charge in [0.15, 0.2) is 0 Å². The summed E-state index contributed by atoms with van der Waals surface area (Å²) >= 11 is 0. The molecule has 0 aromatic heterocycles. The van der Waals surface area contributed by atoms with E-state index in [-0.39, 0.29) is 13.0 Å². The van der Waals surface area contributed by atoms with Crippen molar-refractivity contribution in [3.05, 3.63) is 54.1 Å². The molecule has 7 nitrogen and oxygen atoms in total. The molecule has 0 aliphatic carbocycles. The predicted molar refractivity (Wildman–Crippen MR) is 114 cm³/mol. The maximum Gasteiger partial charge on any atom is 0.412 e. The zero-order chi connectivity index (χ0) is 22.0. The number of rotatable bonds is 10. The molecule has 0 fully saturated rings. The Kier molecular flexibility index (Phi) is 8.53. The molecule has 0 unspecified atom stereocenters. The van der Waals surface area contributed by atoms with Gasteiger partial charge in [-0.25, -0.2) is 4.79 Å². The Balaban J connectivity index is 1.68. The van der Waals surface area contributed by atoms with E-state index in [0.717, 1.165) is 24.2 Å². The van der Waals surface area contributed by atoms with E-state index in [1.807, 2.05) is 45.0 Å². The lowest BCUT2D eigenvalue weighted by Gasteiger charge is -2.19. The normalized spacial score (nSPS) is 10.9. The van der Waals surface area contributed by atoms with E-state index in [1.54, 1.807) is 24.3 Å². The second-order valence-corrected chi connectivity index (χ2v) is 7.74. The molecular formula is C23H29NO6. The third-order valence-electron chi connectivity index (χ3n) is 3.89. The van der Waals surface area contributed by atoms with E-state index >= 15 is 0 Å². The van der Waals surface area contributed by atoms with Gasteiger partial charge >= 0.3 is 12.1 Å². The summed E-state index contributed by atoms with van der Waals surface area (Å²) < 4.78 is 16.3. The average Bonchev–Trinajstić information content (AvgIpc) is 2.66. The quantitative estimate of drug-likeness (QED) is 0.536. The van der Waals surface area contributed by atoms with Crippen LogP contribution in [0.1, 0.15) is 39.2 Å². The van der Waals surface area contributed by atoms with Crippen molar-refractivity contribution in [2.24, 2.45) is 0 Å². The van der Waals surface area contributed by atoms with Gasteiger partial charge in [0.05, 0.1) is 19.6 Å². The van der Waals surface area contributed by atoms with Crippen LogP contribution in [0.2, 0.25) is 0 Å². The number of aliphatic carboxylic acids is 1. The van der Waals surface area contributed by atoms with Crippen molar-refractivity contribution in [2.75, 3.05) is 18.5 Å². The third-order valence-corrected chi connectivity index (χ3v) is 3.89. The molecule has 0 radical (unpaired) electrons. The van der Waals surface area contributed by atoms with Crippen molar-refractivity contribution in [3.8, 4) is 11.5 Å². The number of hydrogen-bond donors (Lipinski definition) is 2. The molecule has 0 bridgehead atoms. The van der Waals surface area contributed by atoms with Gasteiger partial charge in [0.25, 0.3) is 0 Å². The van der Waals surface area contributed by atoms with Crippen LogP contribution in [0.5, 0.6) is 11.5 Å². The smallest absolute Gasteiger partial charge is 0.412 e. The molecule has 162 valence electrons. The summed E-state index contributed by atoms with van der Waals surface area (Å²) in [5, 5.41) is 11.3. The summed E-state index contributed by atoms with van der Waals surface area (Å²) in [4.78, 5) is 22.2. The molecule has 0 saturated carbocycles. The van der Waals surface area contributed by atoms with Crippen LogP contribution in [0.25, 0.3) is 0 Å². The van der Waals surface area contributed by atoms with Crippen LogP contribution in [0.3, 0.4) is 0 Å². The number of nitrogens with one attached hydrogen (secondary N) is 1. The molecule has 0 atom stereocenters. The van der Waals surface area contributed by atoms with Gasteiger partial charge in [-0.05, 0) is 75.6 Å². The summed E-state index contributed by atoms with van der Waals surface area (Å²) in [5.41, 5.74) is 1.25. The lowest BCUT2D eigenvalue weighted by Crippen LogP contribution is -2.27. The van der Waals surface area contributed by atoms with E-state index in [9.17, 15) is 9.59 Å². The van der Waals surface area contributed by atoms with Gasteiger partial charge in [-0.2, -0.15) is 0 Å². The molecule has 0 heterocycles. The first-order valence-corrected chi connectivity index (χ1v) is 9.88. The van der Waals surface area contributed by atoms with Crippen LogP contribution < -0.4 is 14.8 Å². The second kappa shape index (κ2) is 11.1. The maximum atomic E-state index is 11.8. The molecule has 1 amide bonds. The minimum absolute atomic E-state index is 0.0167. The van der Waals surface area contributed by atoms with Crippen LogP contribution in [0.4, 0.5) is 10.5 Å². The van der Waals surface area contributed by atoms with E-state index in [2.05, 4.69) is 5.32 Å². The maximum absolute atomic E-state index is 11.8. The Morgan fingerprint density at radius 2 is 1.47 bits per heavy atom. The highest BCUT2D eigenvalue weighted by molar-refractivity contribution is 5.84. The lowest BCUT2D eigenvalue weighted by molar-refractivity contribution is -0.137. The predicted octanol–water partition coefficient (Wildman–Crippen LogP) is 4.90. The SMILES string of the molecule is CC(C)(C)OC(=O)Nc1ccc(OCCCc2ccc(OCCC(=O)O)cc2)cc1. The zero-order valence-electron chi connectivity index (χ0n) is 17.6. The molecule has 0 spiro atoms. The number of carboxylic acids is 1. The number of amides is 1. The van der Waals surface area contributed by atoms with E-state index in [4.69, 9.17) is 19.3 Å². The number of benzene rings is 2. The fourth-order valence-electron chi connectivity index (χ4n) is 2.53. The molecule has 0 saturated heterocycles. The first kappa shape index (κ1) is 23.1. The number of carboxylic acid groups (broad SMARTS) is 1. The van der Waals surface area contributed by atoms with Crippen molar-refractivity contribution in [1.29, 1.82) is 0 Å². The molecular weight excluding hydrogens is 386 g/mol. The highest BCUT2D eigenvalue weighted by Crippen LogP contribution is 2.18. The fraction of sp³-hybridized carbons (Fsp3) is 0.391. The number of anilines is 1. The van der Waals surface area contributed by atoms with Gasteiger partial charge in [-0.3, -0.25) is 10.1 Å². The topological polar surface area (TPSA) is 94.1 Å². The molecule has 2 aromatic rings. The van der Waals surface area contributed by atoms with Crippen LogP contribution in [0, 0.1) is 0 Å². The molecule has 7 heteroatoms. The first-order valence-electron chi connectivity index (χ1n) is 9.88. The minimum Gasteiger partial charge on any atom is -0.494 e. The summed E-state index contributed by atoms with van der Waals surface area (Å²) in [6.45, 7) is 6.17. The molecule has 0 aliphatic heterocycles. The fourth-order valence-corrected chi connectivity index (χ4v) is 2.53. The Hall–Kier alpha value is -3.22.